The predicted molar refractivity (Wildman–Crippen MR) is 90.5 cm³/mol. The summed E-state index contributed by atoms with van der Waals surface area (Å²) in [6.45, 7) is 11.0. The van der Waals surface area contributed by atoms with Gasteiger partial charge in [-0.15, -0.1) is 0 Å². The predicted octanol–water partition coefficient (Wildman–Crippen LogP) is 5.33. The van der Waals surface area contributed by atoms with E-state index in [4.69, 9.17) is 4.74 Å². The molecule has 0 amide bonds. The van der Waals surface area contributed by atoms with E-state index in [2.05, 4.69) is 65.0 Å². The first-order chi connectivity index (χ1) is 9.92. The van der Waals surface area contributed by atoms with E-state index >= 15 is 0 Å². The van der Waals surface area contributed by atoms with Crippen molar-refractivity contribution in [1.29, 1.82) is 0 Å². The molecule has 2 rings (SSSR count). The summed E-state index contributed by atoms with van der Waals surface area (Å²) in [6.07, 6.45) is 0.988. The van der Waals surface area contributed by atoms with Crippen molar-refractivity contribution in [3.63, 3.8) is 0 Å². The summed E-state index contributed by atoms with van der Waals surface area (Å²) in [4.78, 5) is 0. The molecule has 0 spiro atoms. The molecule has 112 valence electrons. The van der Waals surface area contributed by atoms with Crippen molar-refractivity contribution in [1.82, 2.24) is 0 Å². The highest BCUT2D eigenvalue weighted by Crippen LogP contribution is 2.29. The summed E-state index contributed by atoms with van der Waals surface area (Å²) in [5.74, 6) is 1.46. The van der Waals surface area contributed by atoms with Crippen LogP contribution in [0.4, 0.5) is 0 Å². The molecule has 0 aromatic heterocycles. The second kappa shape index (κ2) is 6.34. The van der Waals surface area contributed by atoms with Gasteiger partial charge < -0.3 is 4.74 Å². The second-order valence-corrected chi connectivity index (χ2v) is 6.29. The highest BCUT2D eigenvalue weighted by Gasteiger charge is 2.10. The lowest BCUT2D eigenvalue weighted by Gasteiger charge is -2.15. The third-order valence-corrected chi connectivity index (χ3v) is 4.14. The van der Waals surface area contributed by atoms with Gasteiger partial charge in [0.2, 0.25) is 0 Å². The zero-order valence-electron chi connectivity index (χ0n) is 14.1. The van der Waals surface area contributed by atoms with Crippen LogP contribution >= 0.6 is 0 Å². The van der Waals surface area contributed by atoms with Crippen LogP contribution in [0.25, 0.3) is 0 Å². The Morgan fingerprint density at radius 3 is 2.10 bits per heavy atom. The van der Waals surface area contributed by atoms with Gasteiger partial charge in [0.1, 0.15) is 5.75 Å². The fourth-order valence-corrected chi connectivity index (χ4v) is 3.04. The molecule has 0 N–H and O–H groups in total. The number of hydrogen-bond acceptors (Lipinski definition) is 1. The average Bonchev–Trinajstić information content (AvgIpc) is 2.42. The minimum absolute atomic E-state index is 0.472. The molecule has 0 aliphatic heterocycles. The maximum Gasteiger partial charge on any atom is 0.122 e. The summed E-state index contributed by atoms with van der Waals surface area (Å²) in [5, 5.41) is 0. The Morgan fingerprint density at radius 1 is 0.952 bits per heavy atom. The largest absolute Gasteiger partial charge is 0.496 e. The van der Waals surface area contributed by atoms with Crippen molar-refractivity contribution < 1.29 is 4.74 Å². The highest BCUT2D eigenvalue weighted by molar-refractivity contribution is 5.44. The van der Waals surface area contributed by atoms with E-state index in [9.17, 15) is 0 Å². The van der Waals surface area contributed by atoms with Crippen LogP contribution in [0.3, 0.4) is 0 Å². The van der Waals surface area contributed by atoms with Crippen molar-refractivity contribution in [2.75, 3.05) is 7.11 Å². The molecule has 0 radical (unpaired) electrons. The molecule has 0 unspecified atom stereocenters. The molecule has 1 nitrogen and oxygen atoms in total. The highest BCUT2D eigenvalue weighted by atomic mass is 16.5. The normalized spacial score (nSPS) is 11.0. The van der Waals surface area contributed by atoms with Gasteiger partial charge >= 0.3 is 0 Å². The second-order valence-electron chi connectivity index (χ2n) is 6.29. The molecule has 0 heterocycles. The molecule has 0 atom stereocenters. The molecule has 0 saturated heterocycles. The van der Waals surface area contributed by atoms with Gasteiger partial charge in [-0.25, -0.2) is 0 Å². The van der Waals surface area contributed by atoms with Crippen LogP contribution in [-0.4, -0.2) is 7.11 Å². The molecular weight excluding hydrogens is 256 g/mol. The van der Waals surface area contributed by atoms with Crippen molar-refractivity contribution in [2.24, 2.45) is 0 Å². The molecule has 0 fully saturated rings. The summed E-state index contributed by atoms with van der Waals surface area (Å²) >= 11 is 0. The first-order valence-corrected chi connectivity index (χ1v) is 7.66. The quantitative estimate of drug-likeness (QED) is 0.736. The zero-order valence-corrected chi connectivity index (χ0v) is 14.1. The van der Waals surface area contributed by atoms with Crippen LogP contribution in [0.1, 0.15) is 53.1 Å². The standard InChI is InChI=1S/C20H26O/c1-13(2)18-11-17(7-8-20(18)21-6)12-19-15(4)9-14(3)10-16(19)5/h7-11,13H,12H2,1-6H3. The number of ether oxygens (including phenoxy) is 1. The number of aryl methyl sites for hydroxylation is 3. The molecule has 0 bridgehead atoms. The Kier molecular flexibility index (Phi) is 4.72. The van der Waals surface area contributed by atoms with E-state index in [-0.39, 0.29) is 0 Å². The summed E-state index contributed by atoms with van der Waals surface area (Å²) < 4.78 is 5.48. The van der Waals surface area contributed by atoms with Crippen molar-refractivity contribution >= 4 is 0 Å². The van der Waals surface area contributed by atoms with Gasteiger partial charge in [0.15, 0.2) is 0 Å². The van der Waals surface area contributed by atoms with Gasteiger partial charge in [0, 0.05) is 0 Å². The summed E-state index contributed by atoms with van der Waals surface area (Å²) in [5.41, 5.74) is 8.20. The van der Waals surface area contributed by atoms with Crippen LogP contribution < -0.4 is 4.74 Å². The van der Waals surface area contributed by atoms with Crippen molar-refractivity contribution in [3.05, 3.63) is 63.7 Å². The number of rotatable bonds is 4. The molecule has 2 aromatic rings. The number of methoxy groups -OCH3 is 1. The monoisotopic (exact) mass is 282 g/mol. The third kappa shape index (κ3) is 3.47. The van der Waals surface area contributed by atoms with E-state index in [1.165, 1.54) is 33.4 Å². The molecule has 0 saturated carbocycles. The van der Waals surface area contributed by atoms with Gasteiger partial charge in [-0.2, -0.15) is 0 Å². The first kappa shape index (κ1) is 15.6. The van der Waals surface area contributed by atoms with Crippen LogP contribution in [-0.2, 0) is 6.42 Å². The Labute approximate surface area is 129 Å². The fourth-order valence-electron chi connectivity index (χ4n) is 3.04. The zero-order chi connectivity index (χ0) is 15.6. The van der Waals surface area contributed by atoms with Gasteiger partial charge in [-0.05, 0) is 67.0 Å². The first-order valence-electron chi connectivity index (χ1n) is 7.66. The summed E-state index contributed by atoms with van der Waals surface area (Å²) in [7, 11) is 1.75. The molecule has 2 aromatic carbocycles. The molecule has 0 aliphatic carbocycles. The van der Waals surface area contributed by atoms with Crippen LogP contribution in [0, 0.1) is 20.8 Å². The minimum Gasteiger partial charge on any atom is -0.496 e. The number of hydrogen-bond donors (Lipinski definition) is 0. The maximum atomic E-state index is 5.48. The third-order valence-electron chi connectivity index (χ3n) is 4.14. The lowest BCUT2D eigenvalue weighted by Crippen LogP contribution is -2.00. The number of benzene rings is 2. The Morgan fingerprint density at radius 2 is 1.57 bits per heavy atom. The lowest BCUT2D eigenvalue weighted by atomic mass is 9.92. The fraction of sp³-hybridized carbons (Fsp3) is 0.400. The van der Waals surface area contributed by atoms with E-state index < -0.39 is 0 Å². The molecular formula is C20H26O. The van der Waals surface area contributed by atoms with Gasteiger partial charge in [-0.3, -0.25) is 0 Å². The topological polar surface area (TPSA) is 9.23 Å². The van der Waals surface area contributed by atoms with Gasteiger partial charge in [0.05, 0.1) is 7.11 Å². The van der Waals surface area contributed by atoms with Crippen LogP contribution in [0.15, 0.2) is 30.3 Å². The maximum absolute atomic E-state index is 5.48. The smallest absolute Gasteiger partial charge is 0.122 e. The molecule has 1 heteroatoms. The van der Waals surface area contributed by atoms with E-state index in [1.807, 2.05) is 0 Å². The van der Waals surface area contributed by atoms with E-state index in [1.54, 1.807) is 7.11 Å². The van der Waals surface area contributed by atoms with E-state index in [0.29, 0.717) is 5.92 Å². The minimum atomic E-state index is 0.472. The Hall–Kier alpha value is -1.76. The molecule has 0 aliphatic rings. The van der Waals surface area contributed by atoms with Gasteiger partial charge in [0.25, 0.3) is 0 Å². The average molecular weight is 282 g/mol. The van der Waals surface area contributed by atoms with Gasteiger partial charge in [-0.1, -0.05) is 43.7 Å². The van der Waals surface area contributed by atoms with Crippen molar-refractivity contribution in [2.45, 2.75) is 47.0 Å². The molecule has 21 heavy (non-hydrogen) atoms. The Balaban J connectivity index is 2.39. The summed E-state index contributed by atoms with van der Waals surface area (Å²) in [6, 6.07) is 11.1. The lowest BCUT2D eigenvalue weighted by molar-refractivity contribution is 0.407. The van der Waals surface area contributed by atoms with Crippen molar-refractivity contribution in [3.8, 4) is 5.75 Å². The Bertz CT molecular complexity index is 615. The SMILES string of the molecule is COc1ccc(Cc2c(C)cc(C)cc2C)cc1C(C)C. The van der Waals surface area contributed by atoms with Crippen LogP contribution in [0.5, 0.6) is 5.75 Å². The van der Waals surface area contributed by atoms with Crippen LogP contribution in [0.2, 0.25) is 0 Å². The van der Waals surface area contributed by atoms with E-state index in [0.717, 1.165) is 12.2 Å².